The van der Waals surface area contributed by atoms with Gasteiger partial charge in [-0.05, 0) is 48.5 Å². The van der Waals surface area contributed by atoms with Crippen molar-refractivity contribution in [1.82, 2.24) is 0 Å². The molecule has 13 heavy (non-hydrogen) atoms. The van der Waals surface area contributed by atoms with Gasteiger partial charge in [0.05, 0.1) is 0 Å². The fourth-order valence-corrected chi connectivity index (χ4v) is 3.38. The van der Waals surface area contributed by atoms with Crippen LogP contribution in [0.4, 0.5) is 0 Å². The van der Waals surface area contributed by atoms with Gasteiger partial charge in [-0.15, -0.1) is 0 Å². The summed E-state index contributed by atoms with van der Waals surface area (Å²) >= 11 is 0. The van der Waals surface area contributed by atoms with Gasteiger partial charge in [0.2, 0.25) is 0 Å². The quantitative estimate of drug-likeness (QED) is 0.593. The Labute approximate surface area is 86.0 Å². The zero-order valence-corrected chi connectivity index (χ0v) is 10.3. The summed E-state index contributed by atoms with van der Waals surface area (Å²) in [6.07, 6.45) is 5.73. The lowest BCUT2D eigenvalue weighted by atomic mass is 9.85. The van der Waals surface area contributed by atoms with Gasteiger partial charge >= 0.3 is 0 Å². The Hall–Kier alpha value is 0.220. The molecule has 0 nitrogen and oxygen atoms in total. The van der Waals surface area contributed by atoms with Crippen LogP contribution in [0.2, 0.25) is 0 Å². The van der Waals surface area contributed by atoms with Crippen molar-refractivity contribution in [1.29, 1.82) is 0 Å². The third-order valence-corrected chi connectivity index (χ3v) is 4.56. The minimum Gasteiger partial charge on any atom is -0.193 e. The monoisotopic (exact) mass is 200 g/mol. The molecule has 1 aliphatic heterocycles. The van der Waals surface area contributed by atoms with Gasteiger partial charge in [0.15, 0.2) is 0 Å². The molecule has 0 bridgehead atoms. The molecule has 0 radical (unpaired) electrons. The second-order valence-electron chi connectivity index (χ2n) is 5.56. The molecular formula is C12H24S. The minimum absolute atomic E-state index is 0.514. The van der Waals surface area contributed by atoms with E-state index in [0.29, 0.717) is 15.9 Å². The summed E-state index contributed by atoms with van der Waals surface area (Å²) in [6.45, 7) is 7.05. The van der Waals surface area contributed by atoms with Gasteiger partial charge in [-0.1, -0.05) is 26.6 Å². The van der Waals surface area contributed by atoms with Crippen molar-refractivity contribution in [3.63, 3.8) is 0 Å². The van der Waals surface area contributed by atoms with E-state index in [1.165, 1.54) is 37.2 Å². The lowest BCUT2D eigenvalue weighted by Crippen LogP contribution is -2.14. The average Bonchev–Trinajstić information content (AvgIpc) is 2.02. The van der Waals surface area contributed by atoms with Crippen LogP contribution in [0.1, 0.15) is 46.5 Å². The molecular weight excluding hydrogens is 176 g/mol. The van der Waals surface area contributed by atoms with Crippen LogP contribution in [0.5, 0.6) is 0 Å². The van der Waals surface area contributed by atoms with Crippen LogP contribution in [0.15, 0.2) is 0 Å². The Balaban J connectivity index is 2.20. The molecule has 1 saturated heterocycles. The summed E-state index contributed by atoms with van der Waals surface area (Å²) in [5, 5.41) is 0. The number of rotatable bonds is 2. The van der Waals surface area contributed by atoms with E-state index in [1.807, 2.05) is 0 Å². The zero-order chi connectivity index (χ0) is 9.90. The summed E-state index contributed by atoms with van der Waals surface area (Å²) in [5.74, 6) is 7.98. The molecule has 0 aromatic carbocycles. The first-order valence-corrected chi connectivity index (χ1v) is 7.18. The minimum atomic E-state index is 0.514. The van der Waals surface area contributed by atoms with E-state index in [2.05, 4.69) is 26.6 Å². The normalized spacial score (nSPS) is 30.4. The van der Waals surface area contributed by atoms with Gasteiger partial charge in [-0.3, -0.25) is 0 Å². The second kappa shape index (κ2) is 4.63. The highest BCUT2D eigenvalue weighted by atomic mass is 32.2. The Kier molecular flexibility index (Phi) is 4.03. The van der Waals surface area contributed by atoms with Crippen LogP contribution in [0.3, 0.4) is 0 Å². The summed E-state index contributed by atoms with van der Waals surface area (Å²) in [6, 6.07) is 0. The molecule has 78 valence electrons. The van der Waals surface area contributed by atoms with E-state index >= 15 is 0 Å². The van der Waals surface area contributed by atoms with Crippen molar-refractivity contribution in [2.75, 3.05) is 11.5 Å². The predicted molar refractivity (Wildman–Crippen MR) is 65.9 cm³/mol. The van der Waals surface area contributed by atoms with Crippen LogP contribution >= 0.6 is 10.5 Å². The molecule has 1 heterocycles. The van der Waals surface area contributed by atoms with Gasteiger partial charge < -0.3 is 0 Å². The molecule has 0 aromatic rings. The predicted octanol–water partition coefficient (Wildman–Crippen LogP) is 3.92. The molecule has 0 aromatic heterocycles. The van der Waals surface area contributed by atoms with E-state index < -0.39 is 0 Å². The van der Waals surface area contributed by atoms with Crippen molar-refractivity contribution >= 4 is 16.4 Å². The van der Waals surface area contributed by atoms with E-state index in [0.717, 1.165) is 5.92 Å². The van der Waals surface area contributed by atoms with Crippen LogP contribution in [0, 0.1) is 11.3 Å². The highest BCUT2D eigenvalue weighted by Crippen LogP contribution is 2.32. The number of hydrogen-bond donors (Lipinski definition) is 0. The van der Waals surface area contributed by atoms with Crippen LogP contribution < -0.4 is 0 Å². The standard InChI is InChI=1S/C12H24S/c1-12(2,3)8-5-11-6-9-13(4)10-7-11/h11H,4-10H2,1-3H3. The third-order valence-electron chi connectivity index (χ3n) is 2.93. The maximum absolute atomic E-state index is 4.17. The molecule has 1 aliphatic rings. The first-order valence-electron chi connectivity index (χ1n) is 5.44. The Morgan fingerprint density at radius 3 is 2.23 bits per heavy atom. The molecule has 1 fully saturated rings. The van der Waals surface area contributed by atoms with E-state index in [4.69, 9.17) is 0 Å². The Bertz CT molecular complexity index is 166. The third kappa shape index (κ3) is 4.85. The van der Waals surface area contributed by atoms with Crippen molar-refractivity contribution in [3.8, 4) is 0 Å². The zero-order valence-electron chi connectivity index (χ0n) is 9.44. The smallest absolute Gasteiger partial charge is 0.0120 e. The molecule has 0 atom stereocenters. The van der Waals surface area contributed by atoms with Gasteiger partial charge in [0.25, 0.3) is 0 Å². The van der Waals surface area contributed by atoms with Crippen molar-refractivity contribution < 1.29 is 0 Å². The molecule has 0 aliphatic carbocycles. The van der Waals surface area contributed by atoms with E-state index in [9.17, 15) is 0 Å². The fourth-order valence-electron chi connectivity index (χ4n) is 1.84. The SMILES string of the molecule is C=S1CCC(CCC(C)(C)C)CC1. The van der Waals surface area contributed by atoms with E-state index in [1.54, 1.807) is 0 Å². The van der Waals surface area contributed by atoms with E-state index in [-0.39, 0.29) is 0 Å². The first-order chi connectivity index (χ1) is 5.97. The lowest BCUT2D eigenvalue weighted by Gasteiger charge is -2.27. The lowest BCUT2D eigenvalue weighted by molar-refractivity contribution is 0.312. The van der Waals surface area contributed by atoms with Crippen LogP contribution in [-0.4, -0.2) is 17.4 Å². The topological polar surface area (TPSA) is 0 Å². The largest absolute Gasteiger partial charge is 0.193 e. The van der Waals surface area contributed by atoms with Gasteiger partial charge in [0, 0.05) is 0 Å². The highest BCUT2D eigenvalue weighted by Gasteiger charge is 2.18. The van der Waals surface area contributed by atoms with Crippen molar-refractivity contribution in [2.45, 2.75) is 46.5 Å². The Morgan fingerprint density at radius 1 is 1.23 bits per heavy atom. The van der Waals surface area contributed by atoms with Gasteiger partial charge in [0.1, 0.15) is 0 Å². The highest BCUT2D eigenvalue weighted by molar-refractivity contribution is 8.14. The average molecular weight is 200 g/mol. The van der Waals surface area contributed by atoms with Crippen LogP contribution in [0.25, 0.3) is 0 Å². The van der Waals surface area contributed by atoms with Crippen molar-refractivity contribution in [3.05, 3.63) is 0 Å². The summed E-state index contributed by atoms with van der Waals surface area (Å²) in [5.41, 5.74) is 0.531. The summed E-state index contributed by atoms with van der Waals surface area (Å²) in [4.78, 5) is 0. The molecule has 0 amide bonds. The summed E-state index contributed by atoms with van der Waals surface area (Å²) in [7, 11) is 0.514. The van der Waals surface area contributed by atoms with Gasteiger partial charge in [-0.25, -0.2) is 0 Å². The number of hydrogen-bond acceptors (Lipinski definition) is 0. The molecule has 1 heteroatoms. The first kappa shape index (κ1) is 11.3. The van der Waals surface area contributed by atoms with Gasteiger partial charge in [-0.2, -0.15) is 10.5 Å². The molecule has 0 saturated carbocycles. The Morgan fingerprint density at radius 2 is 1.77 bits per heavy atom. The molecule has 0 N–H and O–H groups in total. The fraction of sp³-hybridized carbons (Fsp3) is 0.917. The van der Waals surface area contributed by atoms with Crippen LogP contribution in [-0.2, 0) is 0 Å². The maximum Gasteiger partial charge on any atom is -0.0120 e. The van der Waals surface area contributed by atoms with Crippen molar-refractivity contribution in [2.24, 2.45) is 11.3 Å². The molecule has 1 rings (SSSR count). The maximum atomic E-state index is 4.17. The second-order valence-corrected chi connectivity index (χ2v) is 7.60. The molecule has 0 unspecified atom stereocenters. The molecule has 0 spiro atoms. The summed E-state index contributed by atoms with van der Waals surface area (Å²) < 4.78 is 0.